The topological polar surface area (TPSA) is 63.4 Å². The van der Waals surface area contributed by atoms with E-state index in [4.69, 9.17) is 5.73 Å². The first kappa shape index (κ1) is 19.4. The van der Waals surface area contributed by atoms with Crippen LogP contribution in [0.4, 0.5) is 0 Å². The van der Waals surface area contributed by atoms with Gasteiger partial charge in [-0.15, -0.1) is 12.4 Å². The largest absolute Gasteiger partial charge is 0.326 e. The third kappa shape index (κ3) is 3.68. The van der Waals surface area contributed by atoms with Crippen molar-refractivity contribution in [3.63, 3.8) is 0 Å². The van der Waals surface area contributed by atoms with Gasteiger partial charge in [-0.3, -0.25) is 0 Å². The van der Waals surface area contributed by atoms with Crippen molar-refractivity contribution in [2.24, 2.45) is 5.73 Å². The molecule has 0 unspecified atom stereocenters. The quantitative estimate of drug-likeness (QED) is 0.811. The fourth-order valence-corrected chi connectivity index (χ4v) is 4.98. The normalized spacial score (nSPS) is 21.5. The van der Waals surface area contributed by atoms with Gasteiger partial charge in [0.2, 0.25) is 10.0 Å². The SMILES string of the molecule is Cc1ccc(S(=O)(=O)N2C[C@@H](N)[C@H](c3ccccc3)C2)cc1Br.Cl. The van der Waals surface area contributed by atoms with E-state index in [1.54, 1.807) is 12.1 Å². The van der Waals surface area contributed by atoms with Gasteiger partial charge in [0.25, 0.3) is 0 Å². The molecular weight excluding hydrogens is 412 g/mol. The molecule has 2 atom stereocenters. The molecule has 0 saturated carbocycles. The standard InChI is InChI=1S/C17H19BrN2O2S.ClH/c1-12-7-8-14(9-16(12)18)23(21,22)20-10-15(17(19)11-20)13-5-3-2-4-6-13;/h2-9,15,17H,10-11,19H2,1H3;1H/t15-,17+;/m0./s1. The summed E-state index contributed by atoms with van der Waals surface area (Å²) in [4.78, 5) is 0.302. The average Bonchev–Trinajstić information content (AvgIpc) is 2.93. The zero-order valence-corrected chi connectivity index (χ0v) is 16.4. The molecule has 7 heteroatoms. The highest BCUT2D eigenvalue weighted by molar-refractivity contribution is 9.10. The first-order valence-corrected chi connectivity index (χ1v) is 9.70. The number of aryl methyl sites for hydroxylation is 1. The van der Waals surface area contributed by atoms with Gasteiger partial charge in [0, 0.05) is 29.5 Å². The molecule has 24 heavy (non-hydrogen) atoms. The summed E-state index contributed by atoms with van der Waals surface area (Å²) in [6.45, 7) is 2.68. The maximum absolute atomic E-state index is 12.9. The lowest BCUT2D eigenvalue weighted by molar-refractivity contribution is 0.470. The van der Waals surface area contributed by atoms with Crippen LogP contribution in [0.1, 0.15) is 17.0 Å². The molecule has 0 bridgehead atoms. The van der Waals surface area contributed by atoms with Crippen LogP contribution in [0.2, 0.25) is 0 Å². The smallest absolute Gasteiger partial charge is 0.243 e. The van der Waals surface area contributed by atoms with Crippen molar-refractivity contribution >= 4 is 38.4 Å². The van der Waals surface area contributed by atoms with Crippen LogP contribution in [-0.2, 0) is 10.0 Å². The van der Waals surface area contributed by atoms with Crippen molar-refractivity contribution in [1.29, 1.82) is 0 Å². The van der Waals surface area contributed by atoms with E-state index in [-0.39, 0.29) is 24.4 Å². The van der Waals surface area contributed by atoms with Gasteiger partial charge < -0.3 is 5.73 Å². The Morgan fingerprint density at radius 3 is 2.42 bits per heavy atom. The summed E-state index contributed by atoms with van der Waals surface area (Å²) < 4.78 is 28.0. The molecular formula is C17H20BrClN2O2S. The number of nitrogens with two attached hydrogens (primary N) is 1. The van der Waals surface area contributed by atoms with Gasteiger partial charge in [0.05, 0.1) is 4.90 Å². The summed E-state index contributed by atoms with van der Waals surface area (Å²) >= 11 is 3.40. The molecule has 1 fully saturated rings. The predicted molar refractivity (Wildman–Crippen MR) is 102 cm³/mol. The Morgan fingerprint density at radius 1 is 1.12 bits per heavy atom. The summed E-state index contributed by atoms with van der Waals surface area (Å²) in [6, 6.07) is 14.8. The minimum Gasteiger partial charge on any atom is -0.326 e. The lowest BCUT2D eigenvalue weighted by Gasteiger charge is -2.17. The van der Waals surface area contributed by atoms with E-state index in [9.17, 15) is 8.42 Å². The van der Waals surface area contributed by atoms with Gasteiger partial charge in [0.1, 0.15) is 0 Å². The van der Waals surface area contributed by atoms with Crippen molar-refractivity contribution in [2.75, 3.05) is 13.1 Å². The van der Waals surface area contributed by atoms with E-state index in [0.717, 1.165) is 15.6 Å². The molecule has 4 nitrogen and oxygen atoms in total. The van der Waals surface area contributed by atoms with E-state index in [1.807, 2.05) is 43.3 Å². The van der Waals surface area contributed by atoms with Crippen LogP contribution < -0.4 is 5.73 Å². The van der Waals surface area contributed by atoms with Crippen LogP contribution in [0.5, 0.6) is 0 Å². The molecule has 1 heterocycles. The molecule has 3 rings (SSSR count). The molecule has 0 aliphatic carbocycles. The zero-order chi connectivity index (χ0) is 16.6. The lowest BCUT2D eigenvalue weighted by Crippen LogP contribution is -2.32. The van der Waals surface area contributed by atoms with Crippen LogP contribution in [0.3, 0.4) is 0 Å². The second-order valence-electron chi connectivity index (χ2n) is 5.91. The summed E-state index contributed by atoms with van der Waals surface area (Å²) in [5.74, 6) is 0.0277. The molecule has 130 valence electrons. The minimum atomic E-state index is -3.53. The van der Waals surface area contributed by atoms with Gasteiger partial charge >= 0.3 is 0 Å². The fourth-order valence-electron chi connectivity index (χ4n) is 2.92. The van der Waals surface area contributed by atoms with Crippen LogP contribution in [0, 0.1) is 6.92 Å². The van der Waals surface area contributed by atoms with Crippen LogP contribution in [-0.4, -0.2) is 31.9 Å². The van der Waals surface area contributed by atoms with Crippen molar-refractivity contribution in [3.8, 4) is 0 Å². The van der Waals surface area contributed by atoms with Crippen LogP contribution in [0.25, 0.3) is 0 Å². The molecule has 1 aliphatic rings. The number of halogens is 2. The Bertz CT molecular complexity index is 815. The predicted octanol–water partition coefficient (Wildman–Crippen LogP) is 3.29. The van der Waals surface area contributed by atoms with E-state index in [1.165, 1.54) is 4.31 Å². The molecule has 0 spiro atoms. The summed E-state index contributed by atoms with van der Waals surface area (Å²) in [6.07, 6.45) is 0. The number of benzene rings is 2. The van der Waals surface area contributed by atoms with E-state index in [2.05, 4.69) is 15.9 Å². The monoisotopic (exact) mass is 430 g/mol. The summed E-state index contributed by atoms with van der Waals surface area (Å²) in [5, 5.41) is 0. The van der Waals surface area contributed by atoms with Gasteiger partial charge in [-0.1, -0.05) is 52.3 Å². The highest BCUT2D eigenvalue weighted by Gasteiger charge is 2.38. The molecule has 2 aromatic rings. The van der Waals surface area contributed by atoms with E-state index in [0.29, 0.717) is 18.0 Å². The number of sulfonamides is 1. The first-order chi connectivity index (χ1) is 10.9. The maximum Gasteiger partial charge on any atom is 0.243 e. The summed E-state index contributed by atoms with van der Waals surface area (Å²) in [5.41, 5.74) is 8.30. The third-order valence-corrected chi connectivity index (χ3v) is 7.02. The molecule has 0 amide bonds. The zero-order valence-electron chi connectivity index (χ0n) is 13.2. The minimum absolute atomic E-state index is 0. The van der Waals surface area contributed by atoms with Crippen molar-refractivity contribution in [3.05, 3.63) is 64.1 Å². The molecule has 0 aromatic heterocycles. The number of hydrogen-bond donors (Lipinski definition) is 1. The molecule has 1 saturated heterocycles. The van der Waals surface area contributed by atoms with Gasteiger partial charge in [0.15, 0.2) is 0 Å². The lowest BCUT2D eigenvalue weighted by atomic mass is 9.95. The number of nitrogens with zero attached hydrogens (tertiary/aromatic N) is 1. The third-order valence-electron chi connectivity index (χ3n) is 4.34. The van der Waals surface area contributed by atoms with E-state index >= 15 is 0 Å². The van der Waals surface area contributed by atoms with Gasteiger partial charge in [-0.2, -0.15) is 4.31 Å². The first-order valence-electron chi connectivity index (χ1n) is 7.46. The summed E-state index contributed by atoms with van der Waals surface area (Å²) in [7, 11) is -3.53. The fraction of sp³-hybridized carbons (Fsp3) is 0.294. The average molecular weight is 432 g/mol. The van der Waals surface area contributed by atoms with Crippen LogP contribution >= 0.6 is 28.3 Å². The molecule has 2 aromatic carbocycles. The number of rotatable bonds is 3. The second-order valence-corrected chi connectivity index (χ2v) is 8.71. The maximum atomic E-state index is 12.9. The van der Waals surface area contributed by atoms with Crippen LogP contribution in [0.15, 0.2) is 57.9 Å². The number of hydrogen-bond acceptors (Lipinski definition) is 3. The van der Waals surface area contributed by atoms with Crippen molar-refractivity contribution in [2.45, 2.75) is 23.8 Å². The van der Waals surface area contributed by atoms with E-state index < -0.39 is 10.0 Å². The van der Waals surface area contributed by atoms with Gasteiger partial charge in [-0.25, -0.2) is 8.42 Å². The van der Waals surface area contributed by atoms with Crippen molar-refractivity contribution in [1.82, 2.24) is 4.31 Å². The highest BCUT2D eigenvalue weighted by atomic mass is 79.9. The van der Waals surface area contributed by atoms with Gasteiger partial charge in [-0.05, 0) is 30.2 Å². The van der Waals surface area contributed by atoms with Crippen molar-refractivity contribution < 1.29 is 8.42 Å². The highest BCUT2D eigenvalue weighted by Crippen LogP contribution is 2.31. The Balaban J connectivity index is 0.00000208. The Hall–Kier alpha value is -0.920. The second kappa shape index (κ2) is 7.54. The Morgan fingerprint density at radius 2 is 1.79 bits per heavy atom. The Kier molecular flexibility index (Phi) is 6.09. The molecule has 1 aliphatic heterocycles. The molecule has 0 radical (unpaired) electrons. The molecule has 2 N–H and O–H groups in total. The Labute approximate surface area is 157 Å².